The molecular weight excluding hydrogens is 190 g/mol. The zero-order valence-corrected chi connectivity index (χ0v) is 8.60. The van der Waals surface area contributed by atoms with Gasteiger partial charge in [0.05, 0.1) is 0 Å². The number of benzene rings is 1. The van der Waals surface area contributed by atoms with Gasteiger partial charge in [0.2, 0.25) is 0 Å². The van der Waals surface area contributed by atoms with E-state index in [4.69, 9.17) is 5.53 Å². The van der Waals surface area contributed by atoms with Crippen LogP contribution in [0.15, 0.2) is 29.4 Å². The normalized spacial score (nSPS) is 13.0. The Morgan fingerprint density at radius 2 is 2.13 bits per heavy atom. The molecule has 0 aliphatic carbocycles. The van der Waals surface area contributed by atoms with Gasteiger partial charge in [-0.25, -0.2) is 0 Å². The van der Waals surface area contributed by atoms with Crippen LogP contribution in [0.1, 0.15) is 19.4 Å². The van der Waals surface area contributed by atoms with E-state index in [0.29, 0.717) is 11.3 Å². The summed E-state index contributed by atoms with van der Waals surface area (Å²) in [5.41, 5.74) is 8.00. The van der Waals surface area contributed by atoms with E-state index < -0.39 is 5.60 Å². The summed E-state index contributed by atoms with van der Waals surface area (Å²) in [6.45, 7) is 3.21. The highest BCUT2D eigenvalue weighted by atomic mass is 16.3. The maximum absolute atomic E-state index is 10.0. The zero-order chi connectivity index (χ0) is 11.3. The van der Waals surface area contributed by atoms with Crippen molar-refractivity contribution in [1.29, 1.82) is 0 Å². The first-order chi connectivity index (χ1) is 7.11. The van der Waals surface area contributed by atoms with Crippen LogP contribution >= 0.6 is 0 Å². The number of azide groups is 1. The van der Waals surface area contributed by atoms with Crippen molar-refractivity contribution in [2.24, 2.45) is 5.11 Å². The van der Waals surface area contributed by atoms with Gasteiger partial charge in [-0.1, -0.05) is 35.3 Å². The summed E-state index contributed by atoms with van der Waals surface area (Å²) in [5.74, 6) is 5.30. The van der Waals surface area contributed by atoms with Gasteiger partial charge >= 0.3 is 0 Å². The van der Waals surface area contributed by atoms with Crippen LogP contribution in [0, 0.1) is 11.8 Å². The standard InChI is InChI=1S/C11H11N3O/c1-3-8-11(2,15)9-6-4-5-7-10(9)13-14-12/h4-7,15H,1-2H3. The molecule has 0 aliphatic rings. The van der Waals surface area contributed by atoms with E-state index >= 15 is 0 Å². The molecule has 0 amide bonds. The van der Waals surface area contributed by atoms with Crippen molar-refractivity contribution in [2.45, 2.75) is 19.4 Å². The Labute approximate surface area is 88.2 Å². The molecule has 1 aromatic rings. The molecule has 1 unspecified atom stereocenters. The molecule has 0 bridgehead atoms. The molecule has 0 saturated heterocycles. The summed E-state index contributed by atoms with van der Waals surface area (Å²) in [6, 6.07) is 6.83. The van der Waals surface area contributed by atoms with Crippen LogP contribution in [0.2, 0.25) is 0 Å². The molecule has 0 saturated carbocycles. The van der Waals surface area contributed by atoms with Gasteiger partial charge in [-0.2, -0.15) is 0 Å². The predicted molar refractivity (Wildman–Crippen MR) is 58.3 cm³/mol. The van der Waals surface area contributed by atoms with Gasteiger partial charge in [-0.3, -0.25) is 0 Å². The van der Waals surface area contributed by atoms with E-state index in [2.05, 4.69) is 21.9 Å². The van der Waals surface area contributed by atoms with Crippen LogP contribution in [-0.4, -0.2) is 5.11 Å². The van der Waals surface area contributed by atoms with Gasteiger partial charge in [0.1, 0.15) is 5.60 Å². The Kier molecular flexibility index (Phi) is 3.35. The molecule has 0 spiro atoms. The molecule has 0 aromatic heterocycles. The Balaban J connectivity index is 3.34. The number of aliphatic hydroxyl groups is 1. The summed E-state index contributed by atoms with van der Waals surface area (Å²) in [7, 11) is 0. The monoisotopic (exact) mass is 201 g/mol. The molecular formula is C11H11N3O. The molecule has 0 fully saturated rings. The maximum atomic E-state index is 10.0. The van der Waals surface area contributed by atoms with Crippen molar-refractivity contribution in [3.8, 4) is 11.8 Å². The molecule has 4 nitrogen and oxygen atoms in total. The van der Waals surface area contributed by atoms with E-state index in [1.54, 1.807) is 38.1 Å². The third-order valence-corrected chi connectivity index (χ3v) is 1.95. The number of hydrogen-bond donors (Lipinski definition) is 1. The number of rotatable bonds is 2. The highest BCUT2D eigenvalue weighted by Crippen LogP contribution is 2.29. The summed E-state index contributed by atoms with van der Waals surface area (Å²) < 4.78 is 0. The average molecular weight is 201 g/mol. The van der Waals surface area contributed by atoms with Crippen molar-refractivity contribution in [3.05, 3.63) is 40.3 Å². The van der Waals surface area contributed by atoms with Gasteiger partial charge in [-0.15, -0.1) is 5.92 Å². The van der Waals surface area contributed by atoms with E-state index in [-0.39, 0.29) is 0 Å². The Hall–Kier alpha value is -1.95. The lowest BCUT2D eigenvalue weighted by molar-refractivity contribution is 0.123. The van der Waals surface area contributed by atoms with Crippen LogP contribution in [0.3, 0.4) is 0 Å². The van der Waals surface area contributed by atoms with Crippen molar-refractivity contribution in [2.75, 3.05) is 0 Å². The van der Waals surface area contributed by atoms with Gasteiger partial charge in [-0.05, 0) is 19.4 Å². The van der Waals surface area contributed by atoms with E-state index in [9.17, 15) is 5.11 Å². The van der Waals surface area contributed by atoms with Gasteiger partial charge < -0.3 is 5.11 Å². The van der Waals surface area contributed by atoms with Crippen molar-refractivity contribution < 1.29 is 5.11 Å². The third-order valence-electron chi connectivity index (χ3n) is 1.95. The molecule has 0 heterocycles. The Morgan fingerprint density at radius 1 is 1.47 bits per heavy atom. The van der Waals surface area contributed by atoms with Crippen molar-refractivity contribution in [3.63, 3.8) is 0 Å². The smallest absolute Gasteiger partial charge is 0.148 e. The molecule has 1 N–H and O–H groups in total. The SMILES string of the molecule is CC#CC(C)(O)c1ccccc1N=[N+]=[N-]. The Bertz CT molecular complexity index is 462. The molecule has 1 aromatic carbocycles. The fourth-order valence-corrected chi connectivity index (χ4v) is 1.33. The summed E-state index contributed by atoms with van der Waals surface area (Å²) in [6.07, 6.45) is 0. The lowest BCUT2D eigenvalue weighted by Gasteiger charge is -2.18. The Morgan fingerprint density at radius 3 is 2.73 bits per heavy atom. The fourth-order valence-electron chi connectivity index (χ4n) is 1.33. The predicted octanol–water partition coefficient (Wildman–Crippen LogP) is 2.86. The largest absolute Gasteiger partial charge is 0.374 e. The highest BCUT2D eigenvalue weighted by molar-refractivity contribution is 5.51. The van der Waals surface area contributed by atoms with Crippen LogP contribution in [0.5, 0.6) is 0 Å². The van der Waals surface area contributed by atoms with Gasteiger partial charge in [0.15, 0.2) is 0 Å². The topological polar surface area (TPSA) is 69.0 Å². The van der Waals surface area contributed by atoms with Crippen molar-refractivity contribution >= 4 is 5.69 Å². The lowest BCUT2D eigenvalue weighted by Crippen LogP contribution is -2.18. The minimum absolute atomic E-state index is 0.396. The van der Waals surface area contributed by atoms with Crippen molar-refractivity contribution in [1.82, 2.24) is 0 Å². The van der Waals surface area contributed by atoms with E-state index in [1.807, 2.05) is 0 Å². The summed E-state index contributed by atoms with van der Waals surface area (Å²) >= 11 is 0. The number of hydrogen-bond acceptors (Lipinski definition) is 2. The quantitative estimate of drug-likeness (QED) is 0.340. The van der Waals surface area contributed by atoms with Crippen LogP contribution in [0.25, 0.3) is 10.4 Å². The molecule has 1 rings (SSSR count). The lowest BCUT2D eigenvalue weighted by atomic mass is 9.95. The summed E-state index contributed by atoms with van der Waals surface area (Å²) in [4.78, 5) is 2.71. The third kappa shape index (κ3) is 2.50. The van der Waals surface area contributed by atoms with E-state index in [1.165, 1.54) is 0 Å². The second kappa shape index (κ2) is 4.52. The zero-order valence-electron chi connectivity index (χ0n) is 8.60. The second-order valence-electron chi connectivity index (χ2n) is 3.15. The first-order valence-electron chi connectivity index (χ1n) is 4.42. The minimum Gasteiger partial charge on any atom is -0.374 e. The van der Waals surface area contributed by atoms with Gasteiger partial charge in [0.25, 0.3) is 0 Å². The second-order valence-corrected chi connectivity index (χ2v) is 3.15. The fraction of sp³-hybridized carbons (Fsp3) is 0.273. The van der Waals surface area contributed by atoms with Crippen LogP contribution < -0.4 is 0 Å². The maximum Gasteiger partial charge on any atom is 0.148 e. The highest BCUT2D eigenvalue weighted by Gasteiger charge is 2.22. The van der Waals surface area contributed by atoms with E-state index in [0.717, 1.165) is 0 Å². The first kappa shape index (κ1) is 11.1. The number of nitrogens with zero attached hydrogens (tertiary/aromatic N) is 3. The molecule has 0 aliphatic heterocycles. The van der Waals surface area contributed by atoms with Crippen LogP contribution in [0.4, 0.5) is 5.69 Å². The first-order valence-corrected chi connectivity index (χ1v) is 4.42. The molecule has 1 atom stereocenters. The average Bonchev–Trinajstić information content (AvgIpc) is 2.19. The minimum atomic E-state index is -1.29. The molecule has 4 heteroatoms. The van der Waals surface area contributed by atoms with Gasteiger partial charge in [0, 0.05) is 16.2 Å². The molecule has 0 radical (unpaired) electrons. The van der Waals surface area contributed by atoms with Crippen LogP contribution in [-0.2, 0) is 5.60 Å². The molecule has 76 valence electrons. The summed E-state index contributed by atoms with van der Waals surface area (Å²) in [5, 5.41) is 13.5. The molecule has 15 heavy (non-hydrogen) atoms.